The molecule has 0 saturated carbocycles. The van der Waals surface area contributed by atoms with Crippen molar-refractivity contribution in [1.29, 1.82) is 0 Å². The molecule has 0 unspecified atom stereocenters. The van der Waals surface area contributed by atoms with Crippen molar-refractivity contribution in [2.24, 2.45) is 0 Å². The molecule has 0 spiro atoms. The molecule has 0 aromatic heterocycles. The minimum Gasteiger partial charge on any atom is -0.497 e. The predicted molar refractivity (Wildman–Crippen MR) is 73.5 cm³/mol. The lowest BCUT2D eigenvalue weighted by molar-refractivity contribution is 0.273. The van der Waals surface area contributed by atoms with Crippen LogP contribution in [0.15, 0.2) is 24.3 Å². The summed E-state index contributed by atoms with van der Waals surface area (Å²) < 4.78 is 5.17. The molecule has 1 aromatic carbocycles. The zero-order valence-electron chi connectivity index (χ0n) is 11.4. The number of hydrogen-bond acceptors (Lipinski definition) is 2. The Kier molecular flexibility index (Phi) is 6.71. The van der Waals surface area contributed by atoms with Crippen LogP contribution in [0.25, 0.3) is 0 Å². The fourth-order valence-electron chi connectivity index (χ4n) is 1.92. The van der Waals surface area contributed by atoms with Crippen LogP contribution in [0.1, 0.15) is 38.7 Å². The Bertz CT molecular complexity index is 294. The fourth-order valence-corrected chi connectivity index (χ4v) is 1.92. The zero-order valence-corrected chi connectivity index (χ0v) is 11.4. The Morgan fingerprint density at radius 1 is 1.06 bits per heavy atom. The minimum absolute atomic E-state index is 0.933. The quantitative estimate of drug-likeness (QED) is 0.637. The lowest BCUT2D eigenvalue weighted by Gasteiger charge is -2.20. The van der Waals surface area contributed by atoms with E-state index in [1.54, 1.807) is 7.11 Å². The van der Waals surface area contributed by atoms with Crippen LogP contribution >= 0.6 is 0 Å². The standard InChI is InChI=1S/C15H25NO/c1-4-6-7-12-16(5-2)13-14-8-10-15(17-3)11-9-14/h8-11H,4-7,12-13H2,1-3H3. The maximum absolute atomic E-state index is 5.17. The largest absolute Gasteiger partial charge is 0.497 e. The van der Waals surface area contributed by atoms with Gasteiger partial charge in [-0.1, -0.05) is 38.8 Å². The molecular formula is C15H25NO. The van der Waals surface area contributed by atoms with Gasteiger partial charge in [0.2, 0.25) is 0 Å². The van der Waals surface area contributed by atoms with Crippen LogP contribution in [-0.2, 0) is 6.54 Å². The Hall–Kier alpha value is -1.02. The maximum atomic E-state index is 5.17. The van der Waals surface area contributed by atoms with E-state index < -0.39 is 0 Å². The van der Waals surface area contributed by atoms with Gasteiger partial charge in [-0.25, -0.2) is 0 Å². The number of benzene rings is 1. The Morgan fingerprint density at radius 3 is 2.29 bits per heavy atom. The summed E-state index contributed by atoms with van der Waals surface area (Å²) in [4.78, 5) is 2.50. The van der Waals surface area contributed by atoms with Crippen molar-refractivity contribution in [2.45, 2.75) is 39.7 Å². The Morgan fingerprint density at radius 2 is 1.76 bits per heavy atom. The zero-order chi connectivity index (χ0) is 12.5. The SMILES string of the molecule is CCCCCN(CC)Cc1ccc(OC)cc1. The third-order valence-corrected chi connectivity index (χ3v) is 3.09. The minimum atomic E-state index is 0.933. The molecule has 0 aliphatic rings. The molecule has 0 saturated heterocycles. The summed E-state index contributed by atoms with van der Waals surface area (Å²) in [5, 5.41) is 0. The van der Waals surface area contributed by atoms with Crippen LogP contribution in [0.2, 0.25) is 0 Å². The molecule has 1 rings (SSSR count). The van der Waals surface area contributed by atoms with Gasteiger partial charge in [-0.2, -0.15) is 0 Å². The summed E-state index contributed by atoms with van der Waals surface area (Å²) in [5.41, 5.74) is 1.36. The second-order valence-corrected chi connectivity index (χ2v) is 4.42. The first-order valence-electron chi connectivity index (χ1n) is 6.65. The Balaban J connectivity index is 2.43. The van der Waals surface area contributed by atoms with Crippen molar-refractivity contribution in [2.75, 3.05) is 20.2 Å². The number of methoxy groups -OCH3 is 1. The van der Waals surface area contributed by atoms with Crippen molar-refractivity contribution in [3.63, 3.8) is 0 Å². The first-order valence-corrected chi connectivity index (χ1v) is 6.65. The van der Waals surface area contributed by atoms with Gasteiger partial charge in [0.25, 0.3) is 0 Å². The van der Waals surface area contributed by atoms with E-state index in [0.717, 1.165) is 18.8 Å². The topological polar surface area (TPSA) is 12.5 Å². The fraction of sp³-hybridized carbons (Fsp3) is 0.600. The Labute approximate surface area is 106 Å². The van der Waals surface area contributed by atoms with E-state index in [0.29, 0.717) is 0 Å². The normalized spacial score (nSPS) is 10.8. The molecule has 0 heterocycles. The highest BCUT2D eigenvalue weighted by molar-refractivity contribution is 5.27. The second kappa shape index (κ2) is 8.13. The summed E-state index contributed by atoms with van der Waals surface area (Å²) in [6.45, 7) is 7.85. The summed E-state index contributed by atoms with van der Waals surface area (Å²) in [6, 6.07) is 8.38. The van der Waals surface area contributed by atoms with Crippen LogP contribution in [-0.4, -0.2) is 25.1 Å². The number of unbranched alkanes of at least 4 members (excludes halogenated alkanes) is 2. The van der Waals surface area contributed by atoms with Crippen molar-refractivity contribution in [3.8, 4) is 5.75 Å². The third-order valence-electron chi connectivity index (χ3n) is 3.09. The van der Waals surface area contributed by atoms with Gasteiger partial charge in [0, 0.05) is 6.54 Å². The van der Waals surface area contributed by atoms with Gasteiger partial charge >= 0.3 is 0 Å². The van der Waals surface area contributed by atoms with Crippen LogP contribution in [0.3, 0.4) is 0 Å². The predicted octanol–water partition coefficient (Wildman–Crippen LogP) is 3.71. The maximum Gasteiger partial charge on any atom is 0.118 e. The average Bonchev–Trinajstić information content (AvgIpc) is 2.38. The lowest BCUT2D eigenvalue weighted by Crippen LogP contribution is -2.23. The molecule has 0 aliphatic heterocycles. The summed E-state index contributed by atoms with van der Waals surface area (Å²) in [7, 11) is 1.71. The third kappa shape index (κ3) is 5.22. The van der Waals surface area contributed by atoms with E-state index >= 15 is 0 Å². The van der Waals surface area contributed by atoms with E-state index in [9.17, 15) is 0 Å². The van der Waals surface area contributed by atoms with Crippen molar-refractivity contribution >= 4 is 0 Å². The van der Waals surface area contributed by atoms with E-state index in [2.05, 4.69) is 30.9 Å². The van der Waals surface area contributed by atoms with E-state index in [-0.39, 0.29) is 0 Å². The average molecular weight is 235 g/mol. The number of nitrogens with zero attached hydrogens (tertiary/aromatic N) is 1. The molecule has 2 nitrogen and oxygen atoms in total. The van der Waals surface area contributed by atoms with E-state index in [1.807, 2.05) is 12.1 Å². The molecule has 0 bridgehead atoms. The molecule has 0 amide bonds. The van der Waals surface area contributed by atoms with E-state index in [1.165, 1.54) is 31.4 Å². The number of ether oxygens (including phenoxy) is 1. The summed E-state index contributed by atoms with van der Waals surface area (Å²) >= 11 is 0. The lowest BCUT2D eigenvalue weighted by atomic mass is 10.2. The molecule has 0 radical (unpaired) electrons. The molecule has 0 aliphatic carbocycles. The first-order chi connectivity index (χ1) is 8.30. The summed E-state index contributed by atoms with van der Waals surface area (Å²) in [5.74, 6) is 0.933. The molecule has 0 fully saturated rings. The van der Waals surface area contributed by atoms with Gasteiger partial charge in [-0.05, 0) is 37.2 Å². The molecule has 0 atom stereocenters. The number of hydrogen-bond donors (Lipinski definition) is 0. The smallest absolute Gasteiger partial charge is 0.118 e. The number of rotatable bonds is 8. The molecule has 0 N–H and O–H groups in total. The van der Waals surface area contributed by atoms with Gasteiger partial charge in [-0.15, -0.1) is 0 Å². The molecule has 2 heteroatoms. The van der Waals surface area contributed by atoms with Gasteiger partial charge in [-0.3, -0.25) is 4.90 Å². The van der Waals surface area contributed by atoms with Gasteiger partial charge in [0.05, 0.1) is 7.11 Å². The van der Waals surface area contributed by atoms with Gasteiger partial charge in [0.1, 0.15) is 5.75 Å². The molecule has 17 heavy (non-hydrogen) atoms. The van der Waals surface area contributed by atoms with E-state index in [4.69, 9.17) is 4.74 Å². The van der Waals surface area contributed by atoms with Crippen LogP contribution < -0.4 is 4.74 Å². The molecule has 96 valence electrons. The van der Waals surface area contributed by atoms with Crippen LogP contribution in [0.4, 0.5) is 0 Å². The van der Waals surface area contributed by atoms with Gasteiger partial charge in [0.15, 0.2) is 0 Å². The van der Waals surface area contributed by atoms with Crippen molar-refractivity contribution in [1.82, 2.24) is 4.90 Å². The first kappa shape index (κ1) is 14.0. The highest BCUT2D eigenvalue weighted by Crippen LogP contribution is 2.13. The van der Waals surface area contributed by atoms with Crippen molar-refractivity contribution in [3.05, 3.63) is 29.8 Å². The molecular weight excluding hydrogens is 210 g/mol. The molecule has 1 aromatic rings. The van der Waals surface area contributed by atoms with Crippen LogP contribution in [0.5, 0.6) is 5.75 Å². The van der Waals surface area contributed by atoms with Gasteiger partial charge < -0.3 is 4.74 Å². The highest BCUT2D eigenvalue weighted by atomic mass is 16.5. The monoisotopic (exact) mass is 235 g/mol. The van der Waals surface area contributed by atoms with Crippen LogP contribution in [0, 0.1) is 0 Å². The summed E-state index contributed by atoms with van der Waals surface area (Å²) in [6.07, 6.45) is 3.93. The highest BCUT2D eigenvalue weighted by Gasteiger charge is 2.03. The van der Waals surface area contributed by atoms with Crippen molar-refractivity contribution < 1.29 is 4.74 Å². The second-order valence-electron chi connectivity index (χ2n) is 4.42.